The van der Waals surface area contributed by atoms with Crippen molar-refractivity contribution in [2.45, 2.75) is 46.1 Å². The number of fused-ring (bicyclic) bond motifs is 1. The molecule has 3 unspecified atom stereocenters. The van der Waals surface area contributed by atoms with E-state index < -0.39 is 6.04 Å². The Morgan fingerprint density at radius 2 is 1.85 bits per heavy atom. The zero-order chi connectivity index (χ0) is 18.8. The summed E-state index contributed by atoms with van der Waals surface area (Å²) in [6, 6.07) is 1.01. The van der Waals surface area contributed by atoms with Crippen LogP contribution in [0.25, 0.3) is 0 Å². The van der Waals surface area contributed by atoms with Gasteiger partial charge in [-0.3, -0.25) is 24.3 Å². The van der Waals surface area contributed by atoms with E-state index in [1.165, 1.54) is 4.90 Å². The van der Waals surface area contributed by atoms with Crippen molar-refractivity contribution in [2.24, 2.45) is 17.8 Å². The lowest BCUT2D eigenvalue weighted by Crippen LogP contribution is -2.48. The van der Waals surface area contributed by atoms with E-state index in [0.29, 0.717) is 24.9 Å². The summed E-state index contributed by atoms with van der Waals surface area (Å²) in [5.74, 6) is -1.24. The molecule has 0 saturated carbocycles. The molecule has 138 valence electrons. The Morgan fingerprint density at radius 3 is 2.38 bits per heavy atom. The maximum Gasteiger partial charge on any atom is 0.247 e. The number of nitrogens with zero attached hydrogens (tertiary/aromatic N) is 2. The zero-order valence-corrected chi connectivity index (χ0v) is 15.4. The monoisotopic (exact) mass is 355 g/mol. The topological polar surface area (TPSA) is 79.4 Å². The summed E-state index contributed by atoms with van der Waals surface area (Å²) in [7, 11) is 0. The largest absolute Gasteiger partial charge is 0.323 e. The van der Waals surface area contributed by atoms with E-state index in [-0.39, 0.29) is 35.5 Å². The first-order valence-corrected chi connectivity index (χ1v) is 9.13. The van der Waals surface area contributed by atoms with E-state index in [4.69, 9.17) is 0 Å². The molecule has 6 heteroatoms. The minimum absolute atomic E-state index is 0.169. The third-order valence-electron chi connectivity index (χ3n) is 5.15. The maximum atomic E-state index is 13.0. The van der Waals surface area contributed by atoms with Crippen molar-refractivity contribution >= 4 is 23.4 Å². The van der Waals surface area contributed by atoms with Crippen molar-refractivity contribution in [3.63, 3.8) is 0 Å². The molecule has 0 bridgehead atoms. The highest BCUT2D eigenvalue weighted by Crippen LogP contribution is 2.37. The second-order valence-electron chi connectivity index (χ2n) is 7.53. The van der Waals surface area contributed by atoms with Crippen LogP contribution in [0.2, 0.25) is 0 Å². The van der Waals surface area contributed by atoms with Crippen LogP contribution in [0.5, 0.6) is 0 Å². The number of allylic oxidation sites excluding steroid dienone is 2. The lowest BCUT2D eigenvalue weighted by Gasteiger charge is -2.27. The van der Waals surface area contributed by atoms with E-state index in [9.17, 15) is 14.4 Å². The Hall–Kier alpha value is -2.50. The van der Waals surface area contributed by atoms with Crippen LogP contribution in [0.15, 0.2) is 30.6 Å². The van der Waals surface area contributed by atoms with Gasteiger partial charge in [0.1, 0.15) is 6.04 Å². The third kappa shape index (κ3) is 3.41. The number of amides is 3. The molecule has 1 fully saturated rings. The number of rotatable bonds is 5. The molecular formula is C20H25N3O3. The van der Waals surface area contributed by atoms with Gasteiger partial charge < -0.3 is 5.32 Å². The quantitative estimate of drug-likeness (QED) is 0.650. The van der Waals surface area contributed by atoms with E-state index in [0.717, 1.165) is 5.56 Å². The SMILES string of the molecule is Cc1ccncc1NC(=O)C(CC(C)C)N1C(=O)C2CC=CCC2C1=O. The normalized spacial score (nSPS) is 23.3. The van der Waals surface area contributed by atoms with Gasteiger partial charge in [-0.2, -0.15) is 0 Å². The Balaban J connectivity index is 1.86. The molecule has 3 amide bonds. The standard InChI is InChI=1S/C20H25N3O3/c1-12(2)10-17(18(24)22-16-11-21-9-8-13(16)3)23-19(25)14-6-4-5-7-15(14)20(23)26/h4-5,8-9,11-12,14-15,17H,6-7,10H2,1-3H3,(H,22,24). The van der Waals surface area contributed by atoms with Crippen molar-refractivity contribution in [3.05, 3.63) is 36.2 Å². The average molecular weight is 355 g/mol. The second kappa shape index (κ2) is 7.40. The Kier molecular flexibility index (Phi) is 5.20. The lowest BCUT2D eigenvalue weighted by atomic mass is 9.85. The number of hydrogen-bond donors (Lipinski definition) is 1. The summed E-state index contributed by atoms with van der Waals surface area (Å²) >= 11 is 0. The van der Waals surface area contributed by atoms with Crippen LogP contribution in [-0.4, -0.2) is 33.6 Å². The van der Waals surface area contributed by atoms with Crippen LogP contribution < -0.4 is 5.32 Å². The van der Waals surface area contributed by atoms with E-state index >= 15 is 0 Å². The van der Waals surface area contributed by atoms with Crippen molar-refractivity contribution < 1.29 is 14.4 Å². The first-order valence-electron chi connectivity index (χ1n) is 9.13. The number of aromatic nitrogens is 1. The molecule has 0 spiro atoms. The fourth-order valence-electron chi connectivity index (χ4n) is 3.72. The van der Waals surface area contributed by atoms with E-state index in [2.05, 4.69) is 10.3 Å². The van der Waals surface area contributed by atoms with Gasteiger partial charge >= 0.3 is 0 Å². The molecule has 1 aliphatic heterocycles. The van der Waals surface area contributed by atoms with Crippen LogP contribution in [0.4, 0.5) is 5.69 Å². The molecule has 1 aliphatic carbocycles. The van der Waals surface area contributed by atoms with Crippen LogP contribution in [0.1, 0.15) is 38.7 Å². The Bertz CT molecular complexity index is 730. The fraction of sp³-hybridized carbons (Fsp3) is 0.500. The first kappa shape index (κ1) is 18.3. The van der Waals surface area contributed by atoms with Gasteiger partial charge in [0.25, 0.3) is 0 Å². The highest BCUT2D eigenvalue weighted by molar-refractivity contribution is 6.10. The minimum Gasteiger partial charge on any atom is -0.323 e. The minimum atomic E-state index is -0.791. The Labute approximate surface area is 153 Å². The molecule has 2 heterocycles. The number of imide groups is 1. The second-order valence-corrected chi connectivity index (χ2v) is 7.53. The summed E-state index contributed by atoms with van der Waals surface area (Å²) in [6.07, 6.45) is 8.72. The van der Waals surface area contributed by atoms with Gasteiger partial charge in [0, 0.05) is 6.20 Å². The molecule has 0 aromatic carbocycles. The van der Waals surface area contributed by atoms with E-state index in [1.807, 2.05) is 32.9 Å². The Morgan fingerprint density at radius 1 is 1.23 bits per heavy atom. The average Bonchev–Trinajstić information content (AvgIpc) is 2.86. The number of aryl methyl sites for hydroxylation is 1. The first-order chi connectivity index (χ1) is 12.4. The predicted octanol–water partition coefficient (Wildman–Crippen LogP) is 2.69. The van der Waals surface area contributed by atoms with Gasteiger partial charge in [-0.15, -0.1) is 0 Å². The van der Waals surface area contributed by atoms with Gasteiger partial charge in [-0.1, -0.05) is 26.0 Å². The number of carbonyl (C=O) groups is 3. The molecule has 3 atom stereocenters. The summed E-state index contributed by atoms with van der Waals surface area (Å²) in [4.78, 5) is 44.0. The molecule has 3 rings (SSSR count). The van der Waals surface area contributed by atoms with Gasteiger partial charge in [0.15, 0.2) is 0 Å². The van der Waals surface area contributed by atoms with Crippen LogP contribution >= 0.6 is 0 Å². The van der Waals surface area contributed by atoms with Crippen LogP contribution in [0.3, 0.4) is 0 Å². The summed E-state index contributed by atoms with van der Waals surface area (Å²) in [6.45, 7) is 5.84. The molecular weight excluding hydrogens is 330 g/mol. The third-order valence-corrected chi connectivity index (χ3v) is 5.15. The van der Waals surface area contributed by atoms with Crippen molar-refractivity contribution in [1.82, 2.24) is 9.88 Å². The van der Waals surface area contributed by atoms with E-state index in [1.54, 1.807) is 18.5 Å². The number of likely N-dealkylation sites (tertiary alicyclic amines) is 1. The highest BCUT2D eigenvalue weighted by Gasteiger charge is 2.51. The molecule has 1 aromatic rings. The number of anilines is 1. The van der Waals surface area contributed by atoms with Gasteiger partial charge in [-0.05, 0) is 43.7 Å². The summed E-state index contributed by atoms with van der Waals surface area (Å²) < 4.78 is 0. The fourth-order valence-corrected chi connectivity index (χ4v) is 3.72. The van der Waals surface area contributed by atoms with Crippen molar-refractivity contribution in [3.8, 4) is 0 Å². The maximum absolute atomic E-state index is 13.0. The van der Waals surface area contributed by atoms with Crippen molar-refractivity contribution in [1.29, 1.82) is 0 Å². The van der Waals surface area contributed by atoms with Crippen LogP contribution in [0, 0.1) is 24.7 Å². The molecule has 1 saturated heterocycles. The number of carbonyl (C=O) groups excluding carboxylic acids is 3. The number of pyridine rings is 1. The number of nitrogens with one attached hydrogen (secondary N) is 1. The molecule has 1 aromatic heterocycles. The number of hydrogen-bond acceptors (Lipinski definition) is 4. The van der Waals surface area contributed by atoms with Gasteiger partial charge in [0.2, 0.25) is 17.7 Å². The molecule has 0 radical (unpaired) electrons. The van der Waals surface area contributed by atoms with Crippen molar-refractivity contribution in [2.75, 3.05) is 5.32 Å². The molecule has 26 heavy (non-hydrogen) atoms. The zero-order valence-electron chi connectivity index (χ0n) is 15.4. The van der Waals surface area contributed by atoms with Gasteiger partial charge in [0.05, 0.1) is 23.7 Å². The lowest BCUT2D eigenvalue weighted by molar-refractivity contribution is -0.147. The summed E-state index contributed by atoms with van der Waals surface area (Å²) in [5, 5.41) is 2.85. The molecule has 6 nitrogen and oxygen atoms in total. The smallest absolute Gasteiger partial charge is 0.247 e. The highest BCUT2D eigenvalue weighted by atomic mass is 16.2. The van der Waals surface area contributed by atoms with Gasteiger partial charge in [-0.25, -0.2) is 0 Å². The molecule has 2 aliphatic rings. The molecule has 1 N–H and O–H groups in total. The predicted molar refractivity (Wildman–Crippen MR) is 98.1 cm³/mol. The van der Waals surface area contributed by atoms with Crippen LogP contribution in [-0.2, 0) is 14.4 Å². The summed E-state index contributed by atoms with van der Waals surface area (Å²) in [5.41, 5.74) is 1.48.